The second-order valence-electron chi connectivity index (χ2n) is 11.6. The van der Waals surface area contributed by atoms with Gasteiger partial charge in [0, 0.05) is 83.1 Å². The van der Waals surface area contributed by atoms with Crippen LogP contribution in [0.4, 0.5) is 0 Å². The number of nitrogens with one attached hydrogen (secondary N) is 1. The highest BCUT2D eigenvalue weighted by molar-refractivity contribution is 5.93. The van der Waals surface area contributed by atoms with Gasteiger partial charge in [-0.15, -0.1) is 0 Å². The van der Waals surface area contributed by atoms with Crippen molar-refractivity contribution in [1.82, 2.24) is 25.1 Å². The number of benzene rings is 3. The van der Waals surface area contributed by atoms with E-state index in [2.05, 4.69) is 88.0 Å². The largest absolute Gasteiger partial charge is 0.297 e. The molecule has 0 spiro atoms. The van der Waals surface area contributed by atoms with Crippen LogP contribution in [0.15, 0.2) is 78.9 Å². The Morgan fingerprint density at radius 2 is 1.18 bits per heavy atom. The Bertz CT molecular complexity index is 1220. The first kappa shape index (κ1) is 28.5. The van der Waals surface area contributed by atoms with Crippen molar-refractivity contribution in [3.05, 3.63) is 107 Å². The SMILES string of the molecule is C[C@@H]1CN(Cc2ccc(C(=O)NO)cc2)C[C@H](C)N1Cc1cccc(CN2CCN(Cc3ccccc3)CC2)c1. The fourth-order valence-electron chi connectivity index (χ4n) is 6.23. The van der Waals surface area contributed by atoms with E-state index in [9.17, 15) is 4.79 Å². The van der Waals surface area contributed by atoms with Crippen LogP contribution in [0.5, 0.6) is 0 Å². The van der Waals surface area contributed by atoms with Crippen LogP contribution in [0.2, 0.25) is 0 Å². The highest BCUT2D eigenvalue weighted by Gasteiger charge is 2.29. The molecule has 2 atom stereocenters. The number of hydrogen-bond acceptors (Lipinski definition) is 6. The maximum Gasteiger partial charge on any atom is 0.274 e. The molecule has 2 aliphatic heterocycles. The molecule has 2 N–H and O–H groups in total. The Morgan fingerprint density at radius 1 is 0.675 bits per heavy atom. The Balaban J connectivity index is 1.10. The zero-order chi connectivity index (χ0) is 27.9. The number of amides is 1. The topological polar surface area (TPSA) is 62.3 Å². The van der Waals surface area contributed by atoms with Crippen molar-refractivity contribution in [3.63, 3.8) is 0 Å². The third-order valence-electron chi connectivity index (χ3n) is 8.38. The number of carbonyl (C=O) groups excluding carboxylic acids is 1. The first-order valence-electron chi connectivity index (χ1n) is 14.5. The maximum atomic E-state index is 11.6. The Kier molecular flexibility index (Phi) is 9.62. The van der Waals surface area contributed by atoms with Crippen LogP contribution in [0.25, 0.3) is 0 Å². The lowest BCUT2D eigenvalue weighted by atomic mass is 10.0. The standard InChI is InChI=1S/C33H43N5O2/c1-26-20-37(23-29-11-13-32(14-12-29)33(39)34-40)21-27(2)38(26)25-31-10-6-9-30(19-31)24-36-17-15-35(16-18-36)22-28-7-4-3-5-8-28/h3-14,19,26-27,40H,15-18,20-25H2,1-2H3,(H,34,39)/t26-,27+. The first-order chi connectivity index (χ1) is 19.5. The molecule has 212 valence electrons. The molecule has 0 saturated carbocycles. The summed E-state index contributed by atoms with van der Waals surface area (Å²) in [7, 11) is 0. The van der Waals surface area contributed by atoms with Gasteiger partial charge in [-0.05, 0) is 48.2 Å². The van der Waals surface area contributed by atoms with Crippen molar-refractivity contribution in [2.45, 2.75) is 52.1 Å². The minimum Gasteiger partial charge on any atom is -0.297 e. The number of hydroxylamine groups is 1. The van der Waals surface area contributed by atoms with Crippen molar-refractivity contribution in [3.8, 4) is 0 Å². The van der Waals surface area contributed by atoms with Gasteiger partial charge in [-0.2, -0.15) is 0 Å². The van der Waals surface area contributed by atoms with E-state index in [4.69, 9.17) is 5.21 Å². The van der Waals surface area contributed by atoms with Crippen LogP contribution in [-0.2, 0) is 26.2 Å². The molecule has 1 amide bonds. The van der Waals surface area contributed by atoms with E-state index in [1.54, 1.807) is 17.6 Å². The summed E-state index contributed by atoms with van der Waals surface area (Å²) in [5, 5.41) is 8.83. The monoisotopic (exact) mass is 541 g/mol. The van der Waals surface area contributed by atoms with E-state index >= 15 is 0 Å². The minimum atomic E-state index is -0.479. The molecule has 2 heterocycles. The van der Waals surface area contributed by atoms with Crippen LogP contribution in [-0.4, -0.2) is 82.1 Å². The number of piperazine rings is 2. The lowest BCUT2D eigenvalue weighted by Crippen LogP contribution is -2.55. The molecule has 3 aromatic rings. The summed E-state index contributed by atoms with van der Waals surface area (Å²) in [4.78, 5) is 21.9. The number of hydrogen-bond donors (Lipinski definition) is 2. The number of rotatable bonds is 9. The van der Waals surface area contributed by atoms with Gasteiger partial charge in [0.25, 0.3) is 5.91 Å². The zero-order valence-corrected chi connectivity index (χ0v) is 23.9. The highest BCUT2D eigenvalue weighted by atomic mass is 16.5. The van der Waals surface area contributed by atoms with E-state index < -0.39 is 5.91 Å². The van der Waals surface area contributed by atoms with Gasteiger partial charge in [0.05, 0.1) is 0 Å². The Morgan fingerprint density at radius 3 is 1.77 bits per heavy atom. The second-order valence-corrected chi connectivity index (χ2v) is 11.6. The summed E-state index contributed by atoms with van der Waals surface area (Å²) in [6.45, 7) is 15.0. The quantitative estimate of drug-likeness (QED) is 0.313. The molecule has 3 aromatic carbocycles. The molecular weight excluding hydrogens is 498 g/mol. The molecule has 2 fully saturated rings. The van der Waals surface area contributed by atoms with Gasteiger partial charge in [0.1, 0.15) is 0 Å². The highest BCUT2D eigenvalue weighted by Crippen LogP contribution is 2.22. The lowest BCUT2D eigenvalue weighted by molar-refractivity contribution is 0.0290. The maximum absolute atomic E-state index is 11.6. The Hall–Kier alpha value is -3.07. The van der Waals surface area contributed by atoms with E-state index in [0.717, 1.165) is 65.4 Å². The third-order valence-corrected chi connectivity index (χ3v) is 8.38. The molecule has 0 aliphatic carbocycles. The lowest BCUT2D eigenvalue weighted by Gasteiger charge is -2.44. The van der Waals surface area contributed by atoms with E-state index in [1.807, 2.05) is 12.1 Å². The molecular formula is C33H43N5O2. The molecule has 0 bridgehead atoms. The molecule has 7 heteroatoms. The fraction of sp³-hybridized carbons (Fsp3) is 0.424. The van der Waals surface area contributed by atoms with Crippen molar-refractivity contribution < 1.29 is 10.0 Å². The zero-order valence-electron chi connectivity index (χ0n) is 23.9. The average molecular weight is 542 g/mol. The van der Waals surface area contributed by atoms with Crippen LogP contribution in [0.3, 0.4) is 0 Å². The molecule has 0 radical (unpaired) electrons. The van der Waals surface area contributed by atoms with Gasteiger partial charge in [-0.3, -0.25) is 29.6 Å². The predicted octanol–water partition coefficient (Wildman–Crippen LogP) is 4.22. The molecule has 5 rings (SSSR count). The summed E-state index contributed by atoms with van der Waals surface area (Å²) in [6.07, 6.45) is 0. The average Bonchev–Trinajstić information content (AvgIpc) is 2.97. The van der Waals surface area contributed by atoms with Gasteiger partial charge in [-0.1, -0.05) is 66.7 Å². The summed E-state index contributed by atoms with van der Waals surface area (Å²) in [5.41, 5.74) is 7.53. The summed E-state index contributed by atoms with van der Waals surface area (Å²) in [5.74, 6) is -0.479. The van der Waals surface area contributed by atoms with E-state index in [1.165, 1.54) is 22.3 Å². The van der Waals surface area contributed by atoms with Gasteiger partial charge in [0.2, 0.25) is 0 Å². The van der Waals surface area contributed by atoms with Gasteiger partial charge in [0.15, 0.2) is 0 Å². The summed E-state index contributed by atoms with van der Waals surface area (Å²) in [6, 6.07) is 28.4. The summed E-state index contributed by atoms with van der Waals surface area (Å²) < 4.78 is 0. The van der Waals surface area contributed by atoms with Crippen LogP contribution in [0.1, 0.15) is 46.5 Å². The number of carbonyl (C=O) groups is 1. The molecule has 7 nitrogen and oxygen atoms in total. The smallest absolute Gasteiger partial charge is 0.274 e. The summed E-state index contributed by atoms with van der Waals surface area (Å²) >= 11 is 0. The van der Waals surface area contributed by atoms with E-state index in [0.29, 0.717) is 17.6 Å². The first-order valence-corrected chi connectivity index (χ1v) is 14.5. The number of nitrogens with zero attached hydrogens (tertiary/aromatic N) is 4. The van der Waals surface area contributed by atoms with E-state index in [-0.39, 0.29) is 0 Å². The van der Waals surface area contributed by atoms with Crippen molar-refractivity contribution in [2.75, 3.05) is 39.3 Å². The minimum absolute atomic E-state index is 0.449. The third kappa shape index (κ3) is 7.56. The van der Waals surface area contributed by atoms with Crippen LogP contribution >= 0.6 is 0 Å². The van der Waals surface area contributed by atoms with Crippen molar-refractivity contribution in [1.29, 1.82) is 0 Å². The molecule has 0 aromatic heterocycles. The molecule has 2 saturated heterocycles. The van der Waals surface area contributed by atoms with Crippen LogP contribution in [0, 0.1) is 0 Å². The van der Waals surface area contributed by atoms with Gasteiger partial charge < -0.3 is 0 Å². The Labute approximate surface area is 239 Å². The van der Waals surface area contributed by atoms with Crippen molar-refractivity contribution >= 4 is 5.91 Å². The molecule has 0 unspecified atom stereocenters. The van der Waals surface area contributed by atoms with Gasteiger partial charge >= 0.3 is 0 Å². The second kappa shape index (κ2) is 13.5. The van der Waals surface area contributed by atoms with Gasteiger partial charge in [-0.25, -0.2) is 5.48 Å². The predicted molar refractivity (Wildman–Crippen MR) is 159 cm³/mol. The fourth-order valence-corrected chi connectivity index (χ4v) is 6.23. The molecule has 2 aliphatic rings. The normalized spacial score (nSPS) is 21.4. The van der Waals surface area contributed by atoms with Crippen LogP contribution < -0.4 is 5.48 Å². The molecule has 40 heavy (non-hydrogen) atoms. The van der Waals surface area contributed by atoms with Crippen molar-refractivity contribution in [2.24, 2.45) is 0 Å².